The number of pyridine rings is 1. The number of nitrogens with zero attached hydrogens (tertiary/aromatic N) is 1. The predicted molar refractivity (Wildman–Crippen MR) is 97.2 cm³/mol. The first-order valence-electron chi connectivity index (χ1n) is 8.18. The molecule has 30 heavy (non-hydrogen) atoms. The molecule has 0 aliphatic rings. The largest absolute Gasteiger partial charge is 0.519 e. The zero-order valence-corrected chi connectivity index (χ0v) is 14.8. The fourth-order valence-corrected chi connectivity index (χ4v) is 2.45. The SMILES string of the molecule is O=C(Oc1ccc([N+](=O)[O-])cc1)Oc1cccc(-c2c[nH]c(=O)c(C(F)(F)F)c2)c1. The van der Waals surface area contributed by atoms with Crippen LogP contribution in [0.15, 0.2) is 65.6 Å². The van der Waals surface area contributed by atoms with E-state index in [-0.39, 0.29) is 28.3 Å². The lowest BCUT2D eigenvalue weighted by molar-refractivity contribution is -0.384. The zero-order valence-electron chi connectivity index (χ0n) is 14.8. The number of carbonyl (C=O) groups excluding carboxylic acids is 1. The molecule has 0 aliphatic carbocycles. The van der Waals surface area contributed by atoms with E-state index in [1.807, 2.05) is 4.98 Å². The molecule has 0 unspecified atom stereocenters. The van der Waals surface area contributed by atoms with Gasteiger partial charge in [0.1, 0.15) is 17.1 Å². The van der Waals surface area contributed by atoms with E-state index in [2.05, 4.69) is 0 Å². The minimum absolute atomic E-state index is 0.00259. The first kappa shape index (κ1) is 20.6. The van der Waals surface area contributed by atoms with Gasteiger partial charge in [0.15, 0.2) is 0 Å². The number of nitro benzene ring substituents is 1. The molecule has 0 fully saturated rings. The lowest BCUT2D eigenvalue weighted by atomic mass is 10.1. The molecule has 3 rings (SSSR count). The fraction of sp³-hybridized carbons (Fsp3) is 0.0526. The Balaban J connectivity index is 1.76. The number of nitro groups is 1. The molecule has 1 heterocycles. The van der Waals surface area contributed by atoms with Crippen molar-refractivity contribution in [3.05, 3.63) is 86.8 Å². The second kappa shape index (κ2) is 8.07. The molecule has 0 amide bonds. The Labute approximate surface area is 165 Å². The van der Waals surface area contributed by atoms with E-state index >= 15 is 0 Å². The van der Waals surface area contributed by atoms with Crippen LogP contribution < -0.4 is 15.0 Å². The van der Waals surface area contributed by atoms with E-state index in [1.165, 1.54) is 36.4 Å². The summed E-state index contributed by atoms with van der Waals surface area (Å²) < 4.78 is 48.7. The van der Waals surface area contributed by atoms with E-state index in [0.717, 1.165) is 18.3 Å². The number of non-ortho nitro benzene ring substituents is 1. The molecular weight excluding hydrogens is 409 g/mol. The number of benzene rings is 2. The maximum absolute atomic E-state index is 12.9. The number of alkyl halides is 3. The van der Waals surface area contributed by atoms with Gasteiger partial charge in [-0.3, -0.25) is 14.9 Å². The molecule has 8 nitrogen and oxygen atoms in total. The minimum Gasteiger partial charge on any atom is -0.395 e. The van der Waals surface area contributed by atoms with Gasteiger partial charge in [-0.25, -0.2) is 4.79 Å². The van der Waals surface area contributed by atoms with Gasteiger partial charge < -0.3 is 14.5 Å². The quantitative estimate of drug-likeness (QED) is 0.287. The molecule has 0 saturated carbocycles. The summed E-state index contributed by atoms with van der Waals surface area (Å²) in [4.78, 5) is 35.3. The van der Waals surface area contributed by atoms with Crippen LogP contribution in [0.3, 0.4) is 0 Å². The van der Waals surface area contributed by atoms with Crippen LogP contribution in [0.1, 0.15) is 5.56 Å². The number of carbonyl (C=O) groups is 1. The van der Waals surface area contributed by atoms with Crippen molar-refractivity contribution in [3.8, 4) is 22.6 Å². The molecule has 0 bridgehead atoms. The van der Waals surface area contributed by atoms with Crippen molar-refractivity contribution in [2.45, 2.75) is 6.18 Å². The van der Waals surface area contributed by atoms with Gasteiger partial charge in [0.25, 0.3) is 11.2 Å². The summed E-state index contributed by atoms with van der Waals surface area (Å²) in [7, 11) is 0. The summed E-state index contributed by atoms with van der Waals surface area (Å²) in [6.07, 6.45) is -4.88. The maximum atomic E-state index is 12.9. The third kappa shape index (κ3) is 4.82. The summed E-state index contributed by atoms with van der Waals surface area (Å²) in [5, 5.41) is 10.6. The number of aromatic nitrogens is 1. The van der Waals surface area contributed by atoms with Gasteiger partial charge in [0.05, 0.1) is 4.92 Å². The van der Waals surface area contributed by atoms with Gasteiger partial charge in [-0.15, -0.1) is 0 Å². The van der Waals surface area contributed by atoms with E-state index in [0.29, 0.717) is 6.07 Å². The monoisotopic (exact) mass is 420 g/mol. The van der Waals surface area contributed by atoms with Crippen LogP contribution >= 0.6 is 0 Å². The van der Waals surface area contributed by atoms with Gasteiger partial charge in [-0.1, -0.05) is 12.1 Å². The third-order valence-electron chi connectivity index (χ3n) is 3.83. The second-order valence-electron chi connectivity index (χ2n) is 5.86. The molecule has 154 valence electrons. The lowest BCUT2D eigenvalue weighted by Crippen LogP contribution is -2.20. The number of H-pyrrole nitrogens is 1. The van der Waals surface area contributed by atoms with Crippen LogP contribution in [0.2, 0.25) is 0 Å². The number of ether oxygens (including phenoxy) is 2. The van der Waals surface area contributed by atoms with Crippen molar-refractivity contribution in [3.63, 3.8) is 0 Å². The Hall–Kier alpha value is -4.15. The standard InChI is InChI=1S/C19H11F3N2O6/c20-19(21,22)16-9-12(10-23-17(16)25)11-2-1-3-15(8-11)30-18(26)29-14-6-4-13(5-7-14)24(27)28/h1-10H,(H,23,25). The Morgan fingerprint density at radius 1 is 0.967 bits per heavy atom. The summed E-state index contributed by atoms with van der Waals surface area (Å²) in [5.41, 5.74) is -2.52. The third-order valence-corrected chi connectivity index (χ3v) is 3.83. The molecule has 0 spiro atoms. The van der Waals surface area contributed by atoms with Crippen LogP contribution in [0, 0.1) is 10.1 Å². The van der Waals surface area contributed by atoms with Crippen molar-refractivity contribution in [2.75, 3.05) is 0 Å². The Kier molecular flexibility index (Phi) is 5.54. The normalized spacial score (nSPS) is 11.0. The first-order valence-corrected chi connectivity index (χ1v) is 8.18. The molecular formula is C19H11F3N2O6. The molecule has 1 aromatic heterocycles. The van der Waals surface area contributed by atoms with E-state index in [9.17, 15) is 32.9 Å². The fourth-order valence-electron chi connectivity index (χ4n) is 2.45. The Bertz CT molecular complexity index is 1160. The molecule has 0 saturated heterocycles. The molecule has 0 atom stereocenters. The van der Waals surface area contributed by atoms with Crippen LogP contribution in [0.5, 0.6) is 11.5 Å². The maximum Gasteiger partial charge on any atom is 0.519 e. The number of aromatic amines is 1. The minimum atomic E-state index is -4.83. The highest BCUT2D eigenvalue weighted by Gasteiger charge is 2.34. The topological polar surface area (TPSA) is 112 Å². The average molecular weight is 420 g/mol. The van der Waals surface area contributed by atoms with Gasteiger partial charge in [0, 0.05) is 18.3 Å². The van der Waals surface area contributed by atoms with Gasteiger partial charge >= 0.3 is 12.3 Å². The van der Waals surface area contributed by atoms with E-state index in [4.69, 9.17) is 9.47 Å². The van der Waals surface area contributed by atoms with Gasteiger partial charge in [-0.05, 0) is 41.5 Å². The highest BCUT2D eigenvalue weighted by Crippen LogP contribution is 2.30. The molecule has 0 aliphatic heterocycles. The molecule has 11 heteroatoms. The Morgan fingerprint density at radius 3 is 2.27 bits per heavy atom. The van der Waals surface area contributed by atoms with Crippen molar-refractivity contribution in [1.82, 2.24) is 4.98 Å². The number of halogens is 3. The van der Waals surface area contributed by atoms with Gasteiger partial charge in [0.2, 0.25) is 0 Å². The van der Waals surface area contributed by atoms with Crippen LogP contribution in [0.4, 0.5) is 23.7 Å². The Morgan fingerprint density at radius 2 is 1.63 bits per heavy atom. The van der Waals surface area contributed by atoms with Crippen LogP contribution in [0.25, 0.3) is 11.1 Å². The van der Waals surface area contributed by atoms with E-state index in [1.54, 1.807) is 0 Å². The summed E-state index contributed by atoms with van der Waals surface area (Å²) in [6.45, 7) is 0. The summed E-state index contributed by atoms with van der Waals surface area (Å²) >= 11 is 0. The molecule has 3 aromatic rings. The van der Waals surface area contributed by atoms with Gasteiger partial charge in [-0.2, -0.15) is 13.2 Å². The van der Waals surface area contributed by atoms with Crippen molar-refractivity contribution < 1.29 is 32.4 Å². The van der Waals surface area contributed by atoms with Crippen molar-refractivity contribution in [1.29, 1.82) is 0 Å². The smallest absolute Gasteiger partial charge is 0.395 e. The number of rotatable bonds is 4. The van der Waals surface area contributed by atoms with Crippen LogP contribution in [-0.4, -0.2) is 16.1 Å². The first-order chi connectivity index (χ1) is 14.1. The average Bonchev–Trinajstić information content (AvgIpc) is 2.68. The van der Waals surface area contributed by atoms with Crippen molar-refractivity contribution in [2.24, 2.45) is 0 Å². The number of hydrogen-bond acceptors (Lipinski definition) is 6. The molecule has 2 aromatic carbocycles. The zero-order chi connectivity index (χ0) is 21.9. The lowest BCUT2D eigenvalue weighted by Gasteiger charge is -2.09. The second-order valence-corrected chi connectivity index (χ2v) is 5.86. The van der Waals surface area contributed by atoms with E-state index < -0.39 is 28.4 Å². The highest BCUT2D eigenvalue weighted by atomic mass is 19.4. The van der Waals surface area contributed by atoms with Crippen LogP contribution in [-0.2, 0) is 6.18 Å². The molecule has 1 N–H and O–H groups in total. The summed E-state index contributed by atoms with van der Waals surface area (Å²) in [6, 6.07) is 10.9. The highest BCUT2D eigenvalue weighted by molar-refractivity contribution is 5.70. The number of hydrogen-bond donors (Lipinski definition) is 1. The summed E-state index contributed by atoms with van der Waals surface area (Å²) in [5.74, 6) is -0.0311. The number of nitrogens with one attached hydrogen (secondary N) is 1. The van der Waals surface area contributed by atoms with Crippen molar-refractivity contribution >= 4 is 11.8 Å². The molecule has 0 radical (unpaired) electrons. The predicted octanol–water partition coefficient (Wildman–Crippen LogP) is 4.55.